The Morgan fingerprint density at radius 1 is 1.41 bits per heavy atom. The van der Waals surface area contributed by atoms with Gasteiger partial charge in [-0.15, -0.1) is 0 Å². The van der Waals surface area contributed by atoms with Crippen molar-refractivity contribution in [3.63, 3.8) is 0 Å². The molecule has 0 unspecified atom stereocenters. The zero-order chi connectivity index (χ0) is 23.2. The van der Waals surface area contributed by atoms with Gasteiger partial charge in [-0.1, -0.05) is 0 Å². The van der Waals surface area contributed by atoms with Crippen LogP contribution in [0.2, 0.25) is 0 Å². The Hall–Kier alpha value is -2.50. The fourth-order valence-corrected chi connectivity index (χ4v) is 4.53. The Labute approximate surface area is 194 Å². The zero-order valence-corrected chi connectivity index (χ0v) is 20.0. The maximum atomic E-state index is 13.5. The largest absolute Gasteiger partial charge is 0.322 e. The Bertz CT molecular complexity index is 1060. The lowest BCUT2D eigenvalue weighted by atomic mass is 9.99. The van der Waals surface area contributed by atoms with Gasteiger partial charge < -0.3 is 15.1 Å². The van der Waals surface area contributed by atoms with Crippen molar-refractivity contribution < 1.29 is 18.8 Å². The van der Waals surface area contributed by atoms with E-state index in [1.165, 1.54) is 23.3 Å². The fourth-order valence-electron chi connectivity index (χ4n) is 4.15. The summed E-state index contributed by atoms with van der Waals surface area (Å²) in [5, 5.41) is 8.78. The van der Waals surface area contributed by atoms with Crippen LogP contribution in [0.25, 0.3) is 0 Å². The standard InChI is InChI=1S/C21H26BrFN6O3/c1-12-7-18-15(11-28(12)21(31)24-13-5-6-17(23)16(22)8-13)19-20(30)27(4)32-14(9-26(2)3)10-29(19)25-18/h5-6,8,12,14H,7,9-11H2,1-4H3,(H,24,31)/t12-,14+/m1/s1. The van der Waals surface area contributed by atoms with E-state index < -0.39 is 5.82 Å². The van der Waals surface area contributed by atoms with Gasteiger partial charge in [0.15, 0.2) is 0 Å². The predicted octanol–water partition coefficient (Wildman–Crippen LogP) is 2.71. The summed E-state index contributed by atoms with van der Waals surface area (Å²) in [6.45, 7) is 3.28. The first-order chi connectivity index (χ1) is 15.1. The number of amides is 3. The number of hydrogen-bond acceptors (Lipinski definition) is 5. The van der Waals surface area contributed by atoms with Crippen molar-refractivity contribution in [2.45, 2.75) is 38.6 Å². The van der Waals surface area contributed by atoms with Crippen LogP contribution in [0.1, 0.15) is 28.7 Å². The molecular weight excluding hydrogens is 483 g/mol. The molecule has 2 aliphatic rings. The van der Waals surface area contributed by atoms with Crippen LogP contribution in [-0.2, 0) is 24.3 Å². The molecule has 0 saturated heterocycles. The highest BCUT2D eigenvalue weighted by atomic mass is 79.9. The molecule has 11 heteroatoms. The quantitative estimate of drug-likeness (QED) is 0.689. The fraction of sp³-hybridized carbons (Fsp3) is 0.476. The molecule has 2 aromatic rings. The van der Waals surface area contributed by atoms with Gasteiger partial charge in [0.1, 0.15) is 17.6 Å². The van der Waals surface area contributed by atoms with Crippen molar-refractivity contribution in [2.75, 3.05) is 33.0 Å². The lowest BCUT2D eigenvalue weighted by Crippen LogP contribution is -2.45. The molecule has 0 bridgehead atoms. The molecule has 0 fully saturated rings. The van der Waals surface area contributed by atoms with Gasteiger partial charge >= 0.3 is 6.03 Å². The molecule has 4 rings (SSSR count). The Morgan fingerprint density at radius 2 is 2.16 bits per heavy atom. The van der Waals surface area contributed by atoms with Gasteiger partial charge in [0, 0.05) is 37.3 Å². The second-order valence-corrected chi connectivity index (χ2v) is 9.34. The monoisotopic (exact) mass is 508 g/mol. The summed E-state index contributed by atoms with van der Waals surface area (Å²) in [4.78, 5) is 35.6. The number of carbonyl (C=O) groups is 2. The summed E-state index contributed by atoms with van der Waals surface area (Å²) >= 11 is 3.13. The maximum Gasteiger partial charge on any atom is 0.322 e. The van der Waals surface area contributed by atoms with Gasteiger partial charge in [-0.25, -0.2) is 14.2 Å². The molecule has 1 aromatic carbocycles. The smallest absolute Gasteiger partial charge is 0.317 e. The van der Waals surface area contributed by atoms with E-state index >= 15 is 0 Å². The molecule has 3 heterocycles. The van der Waals surface area contributed by atoms with Crippen LogP contribution in [0.4, 0.5) is 14.9 Å². The van der Waals surface area contributed by atoms with Crippen molar-refractivity contribution in [2.24, 2.45) is 0 Å². The van der Waals surface area contributed by atoms with E-state index in [9.17, 15) is 14.0 Å². The van der Waals surface area contributed by atoms with E-state index in [0.717, 1.165) is 11.3 Å². The van der Waals surface area contributed by atoms with Gasteiger partial charge in [-0.3, -0.25) is 14.3 Å². The van der Waals surface area contributed by atoms with E-state index in [1.807, 2.05) is 25.9 Å². The summed E-state index contributed by atoms with van der Waals surface area (Å²) in [7, 11) is 5.49. The first-order valence-electron chi connectivity index (χ1n) is 10.3. The van der Waals surface area contributed by atoms with E-state index in [1.54, 1.807) is 16.6 Å². The highest BCUT2D eigenvalue weighted by molar-refractivity contribution is 9.10. The molecule has 9 nitrogen and oxygen atoms in total. The minimum absolute atomic E-state index is 0.118. The highest BCUT2D eigenvalue weighted by Gasteiger charge is 2.37. The van der Waals surface area contributed by atoms with Crippen LogP contribution in [0.5, 0.6) is 0 Å². The number of anilines is 1. The molecule has 0 spiro atoms. The van der Waals surface area contributed by atoms with E-state index in [4.69, 9.17) is 9.94 Å². The normalized spacial score (nSPS) is 20.8. The number of likely N-dealkylation sites (N-methyl/N-ethyl adjacent to an activating group) is 1. The van der Waals surface area contributed by atoms with E-state index in [2.05, 4.69) is 21.2 Å². The minimum Gasteiger partial charge on any atom is -0.317 e. The topological polar surface area (TPSA) is 82.9 Å². The second kappa shape index (κ2) is 8.80. The number of fused-ring (bicyclic) bond motifs is 3. The van der Waals surface area contributed by atoms with Crippen molar-refractivity contribution >= 4 is 33.6 Å². The van der Waals surface area contributed by atoms with Crippen LogP contribution >= 0.6 is 15.9 Å². The van der Waals surface area contributed by atoms with Crippen LogP contribution in [0.3, 0.4) is 0 Å². The van der Waals surface area contributed by atoms with Crippen molar-refractivity contribution in [3.05, 3.63) is 45.4 Å². The van der Waals surface area contributed by atoms with Gasteiger partial charge in [-0.05, 0) is 55.1 Å². The number of carbonyl (C=O) groups excluding carboxylic acids is 2. The number of nitrogens with one attached hydrogen (secondary N) is 1. The number of rotatable bonds is 3. The van der Waals surface area contributed by atoms with Crippen LogP contribution in [-0.4, -0.2) is 76.4 Å². The molecule has 0 aliphatic carbocycles. The molecule has 1 aromatic heterocycles. The van der Waals surface area contributed by atoms with Gasteiger partial charge in [0.25, 0.3) is 5.91 Å². The average Bonchev–Trinajstić information content (AvgIpc) is 2.99. The summed E-state index contributed by atoms with van der Waals surface area (Å²) in [5.74, 6) is -0.684. The molecule has 0 radical (unpaired) electrons. The van der Waals surface area contributed by atoms with Gasteiger partial charge in [-0.2, -0.15) is 5.10 Å². The minimum atomic E-state index is -0.404. The third kappa shape index (κ3) is 4.37. The van der Waals surface area contributed by atoms with Gasteiger partial charge in [0.2, 0.25) is 0 Å². The highest BCUT2D eigenvalue weighted by Crippen LogP contribution is 2.29. The summed E-state index contributed by atoms with van der Waals surface area (Å²) in [6, 6.07) is 3.86. The molecule has 172 valence electrons. The van der Waals surface area contributed by atoms with Crippen LogP contribution in [0, 0.1) is 5.82 Å². The molecule has 1 N–H and O–H groups in total. The number of halogens is 2. The summed E-state index contributed by atoms with van der Waals surface area (Å²) in [5.41, 5.74) is 2.50. The molecule has 2 aliphatic heterocycles. The van der Waals surface area contributed by atoms with E-state index in [-0.39, 0.29) is 35.1 Å². The molecule has 32 heavy (non-hydrogen) atoms. The summed E-state index contributed by atoms with van der Waals surface area (Å²) in [6.07, 6.45) is 0.307. The third-order valence-corrected chi connectivity index (χ3v) is 6.26. The van der Waals surface area contributed by atoms with Crippen molar-refractivity contribution in [1.29, 1.82) is 0 Å². The SMILES string of the molecule is C[C@@H]1Cc2nn3c(c2CN1C(=O)Nc1ccc(F)c(Br)c1)C(=O)N(C)O[C@@H](CN(C)C)C3. The molecular formula is C21H26BrFN6O3. The maximum absolute atomic E-state index is 13.5. The first-order valence-corrected chi connectivity index (χ1v) is 11.1. The first kappa shape index (κ1) is 22.7. The lowest BCUT2D eigenvalue weighted by Gasteiger charge is -2.33. The predicted molar refractivity (Wildman–Crippen MR) is 120 cm³/mol. The second-order valence-electron chi connectivity index (χ2n) is 8.49. The van der Waals surface area contributed by atoms with Crippen molar-refractivity contribution in [1.82, 2.24) is 24.6 Å². The number of nitrogens with zero attached hydrogens (tertiary/aromatic N) is 5. The zero-order valence-electron chi connectivity index (χ0n) is 18.4. The molecule has 2 atom stereocenters. The number of hydroxylamine groups is 2. The van der Waals surface area contributed by atoms with Crippen LogP contribution < -0.4 is 5.32 Å². The lowest BCUT2D eigenvalue weighted by molar-refractivity contribution is -0.152. The Morgan fingerprint density at radius 3 is 2.84 bits per heavy atom. The summed E-state index contributed by atoms with van der Waals surface area (Å²) < 4.78 is 15.5. The number of aromatic nitrogens is 2. The Balaban J connectivity index is 1.60. The number of urea groups is 1. The van der Waals surface area contributed by atoms with Crippen LogP contribution in [0.15, 0.2) is 22.7 Å². The molecule has 3 amide bonds. The molecule has 0 saturated carbocycles. The Kier molecular flexibility index (Phi) is 6.24. The number of hydrogen-bond donors (Lipinski definition) is 1. The third-order valence-electron chi connectivity index (χ3n) is 5.66. The van der Waals surface area contributed by atoms with Gasteiger partial charge in [0.05, 0.1) is 23.3 Å². The number of benzene rings is 1. The van der Waals surface area contributed by atoms with Crippen molar-refractivity contribution in [3.8, 4) is 0 Å². The average molecular weight is 509 g/mol. The van der Waals surface area contributed by atoms with E-state index in [0.29, 0.717) is 30.9 Å².